The molecule has 1 saturated heterocycles. The third-order valence-electron chi connectivity index (χ3n) is 5.38. The highest BCUT2D eigenvalue weighted by atomic mass is 19.4. The molecule has 4 rings (SSSR count). The van der Waals surface area contributed by atoms with Gasteiger partial charge in [-0.15, -0.1) is 0 Å². The Kier molecular flexibility index (Phi) is 5.31. The number of hydrogen-bond acceptors (Lipinski definition) is 7. The van der Waals surface area contributed by atoms with E-state index >= 15 is 0 Å². The summed E-state index contributed by atoms with van der Waals surface area (Å²) in [5, 5.41) is 0. The average molecular weight is 425 g/mol. The highest BCUT2D eigenvalue weighted by molar-refractivity contribution is 5.61. The first-order chi connectivity index (χ1) is 14.3. The first kappa shape index (κ1) is 20.5. The average Bonchev–Trinajstić information content (AvgIpc) is 2.72. The molecule has 8 nitrogen and oxygen atoms in total. The maximum absolute atomic E-state index is 13.7. The van der Waals surface area contributed by atoms with Gasteiger partial charge >= 0.3 is 6.18 Å². The maximum atomic E-state index is 13.7. The highest BCUT2D eigenvalue weighted by Gasteiger charge is 2.46. The monoisotopic (exact) mass is 425 g/mol. The van der Waals surface area contributed by atoms with Crippen molar-refractivity contribution in [2.75, 3.05) is 43.2 Å². The van der Waals surface area contributed by atoms with Crippen molar-refractivity contribution in [1.29, 1.82) is 0 Å². The van der Waals surface area contributed by atoms with Crippen molar-refractivity contribution in [3.63, 3.8) is 0 Å². The van der Waals surface area contributed by atoms with E-state index in [0.29, 0.717) is 37.1 Å². The van der Waals surface area contributed by atoms with Gasteiger partial charge < -0.3 is 19.3 Å². The largest absolute Gasteiger partial charge is 0.481 e. The van der Waals surface area contributed by atoms with Crippen molar-refractivity contribution < 1.29 is 22.6 Å². The Hall–Kier alpha value is -2.82. The molecule has 0 radical (unpaired) electrons. The van der Waals surface area contributed by atoms with E-state index in [1.54, 1.807) is 17.0 Å². The zero-order valence-corrected chi connectivity index (χ0v) is 16.6. The van der Waals surface area contributed by atoms with Gasteiger partial charge in [0.2, 0.25) is 11.8 Å². The minimum Gasteiger partial charge on any atom is -0.481 e. The van der Waals surface area contributed by atoms with Crippen molar-refractivity contribution in [3.8, 4) is 5.88 Å². The molecule has 0 unspecified atom stereocenters. The normalized spacial score (nSPS) is 22.0. The first-order valence-corrected chi connectivity index (χ1v) is 9.62. The number of pyridine rings is 1. The van der Waals surface area contributed by atoms with Crippen LogP contribution >= 0.6 is 0 Å². The van der Waals surface area contributed by atoms with Gasteiger partial charge in [-0.05, 0) is 19.4 Å². The summed E-state index contributed by atoms with van der Waals surface area (Å²) in [6, 6.07) is 2.46. The van der Waals surface area contributed by atoms with Crippen LogP contribution in [0.5, 0.6) is 5.88 Å². The summed E-state index contributed by atoms with van der Waals surface area (Å²) < 4.78 is 52.4. The number of rotatable bonds is 3. The van der Waals surface area contributed by atoms with Gasteiger partial charge in [0.25, 0.3) is 5.56 Å². The molecule has 0 N–H and O–H groups in total. The fourth-order valence-corrected chi connectivity index (χ4v) is 3.88. The van der Waals surface area contributed by atoms with Gasteiger partial charge in [-0.2, -0.15) is 18.2 Å². The molecule has 2 aromatic rings. The van der Waals surface area contributed by atoms with Crippen LogP contribution in [0.4, 0.5) is 30.6 Å². The summed E-state index contributed by atoms with van der Waals surface area (Å²) in [5.74, 6) is 0.617. The molecule has 0 spiro atoms. The second kappa shape index (κ2) is 7.78. The molecule has 2 aliphatic heterocycles. The zero-order valence-electron chi connectivity index (χ0n) is 16.6. The van der Waals surface area contributed by atoms with Crippen LogP contribution in [0.3, 0.4) is 0 Å². The smallest absolute Gasteiger partial charge is 0.409 e. The Morgan fingerprint density at radius 1 is 1.27 bits per heavy atom. The number of hydrogen-bond donors (Lipinski definition) is 0. The Balaban J connectivity index is 1.86. The molecule has 0 amide bonds. The molecular formula is C19H22F3N5O3. The number of fused-ring (bicyclic) bond motifs is 1. The van der Waals surface area contributed by atoms with Crippen molar-refractivity contribution in [1.82, 2.24) is 14.5 Å². The second-order valence-corrected chi connectivity index (χ2v) is 7.29. The fourth-order valence-electron chi connectivity index (χ4n) is 3.88. The topological polar surface area (TPSA) is 72.7 Å². The van der Waals surface area contributed by atoms with Gasteiger partial charge in [0.1, 0.15) is 11.9 Å². The van der Waals surface area contributed by atoms with E-state index in [9.17, 15) is 18.0 Å². The SMILES string of the molecule is COc1cc(N2CC[C@H](C(F)(F)F)n3c2nc(N2CCOC[C@H]2C)cc3=O)ccn1. The molecule has 162 valence electrons. The lowest BCUT2D eigenvalue weighted by Crippen LogP contribution is -2.47. The molecule has 0 bridgehead atoms. The van der Waals surface area contributed by atoms with Crippen LogP contribution in [0.2, 0.25) is 0 Å². The Morgan fingerprint density at radius 3 is 2.77 bits per heavy atom. The number of aromatic nitrogens is 3. The van der Waals surface area contributed by atoms with E-state index in [0.717, 1.165) is 4.57 Å². The number of halogens is 3. The van der Waals surface area contributed by atoms with Gasteiger partial charge in [-0.25, -0.2) is 4.98 Å². The van der Waals surface area contributed by atoms with E-state index in [1.807, 2.05) is 11.8 Å². The van der Waals surface area contributed by atoms with Gasteiger partial charge in [0.15, 0.2) is 0 Å². The third-order valence-corrected chi connectivity index (χ3v) is 5.38. The molecule has 0 saturated carbocycles. The van der Waals surface area contributed by atoms with E-state index in [2.05, 4.69) is 9.97 Å². The number of morpholine rings is 1. The van der Waals surface area contributed by atoms with E-state index in [4.69, 9.17) is 9.47 Å². The number of ether oxygens (including phenoxy) is 2. The summed E-state index contributed by atoms with van der Waals surface area (Å²) >= 11 is 0. The van der Waals surface area contributed by atoms with Crippen LogP contribution in [0.1, 0.15) is 19.4 Å². The molecule has 2 atom stereocenters. The van der Waals surface area contributed by atoms with Crippen LogP contribution in [-0.2, 0) is 4.74 Å². The number of anilines is 3. The molecule has 11 heteroatoms. The summed E-state index contributed by atoms with van der Waals surface area (Å²) in [5.41, 5.74) is -0.183. The van der Waals surface area contributed by atoms with Crippen LogP contribution in [0.15, 0.2) is 29.2 Å². The number of alkyl halides is 3. The van der Waals surface area contributed by atoms with Crippen LogP contribution in [-0.4, -0.2) is 60.2 Å². The first-order valence-electron chi connectivity index (χ1n) is 9.62. The molecule has 0 aromatic carbocycles. The Labute approximate surface area is 170 Å². The molecule has 0 aliphatic carbocycles. The Bertz CT molecular complexity index is 981. The van der Waals surface area contributed by atoms with Gasteiger partial charge in [0.05, 0.1) is 32.1 Å². The molecule has 4 heterocycles. The van der Waals surface area contributed by atoms with Crippen LogP contribution < -0.4 is 20.1 Å². The standard InChI is InChI=1S/C19H22F3N5O3/c1-12-11-30-8-7-25(12)15-10-17(28)27-14(19(20,21)22)4-6-26(18(27)24-15)13-3-5-23-16(9-13)29-2/h3,5,9-10,12,14H,4,6-8,11H2,1-2H3/t12-,14-/m1/s1. The Morgan fingerprint density at radius 2 is 2.07 bits per heavy atom. The van der Waals surface area contributed by atoms with Gasteiger partial charge in [0, 0.05) is 31.4 Å². The van der Waals surface area contributed by atoms with E-state index < -0.39 is 17.8 Å². The van der Waals surface area contributed by atoms with Crippen molar-refractivity contribution in [3.05, 3.63) is 34.7 Å². The summed E-state index contributed by atoms with van der Waals surface area (Å²) in [6.07, 6.45) is -3.33. The van der Waals surface area contributed by atoms with Crippen molar-refractivity contribution >= 4 is 17.5 Å². The number of nitrogens with zero attached hydrogens (tertiary/aromatic N) is 5. The molecule has 2 aliphatic rings. The quantitative estimate of drug-likeness (QED) is 0.748. The van der Waals surface area contributed by atoms with Crippen LogP contribution in [0, 0.1) is 0 Å². The highest BCUT2D eigenvalue weighted by Crippen LogP contribution is 2.40. The molecule has 30 heavy (non-hydrogen) atoms. The number of methoxy groups -OCH3 is 1. The fraction of sp³-hybridized carbons (Fsp3) is 0.526. The molecule has 1 fully saturated rings. The van der Waals surface area contributed by atoms with Crippen molar-refractivity contribution in [2.24, 2.45) is 0 Å². The molecule has 2 aromatic heterocycles. The minimum atomic E-state index is -4.56. The van der Waals surface area contributed by atoms with Crippen molar-refractivity contribution in [2.45, 2.75) is 31.6 Å². The third kappa shape index (κ3) is 3.69. The molecular weight excluding hydrogens is 403 g/mol. The lowest BCUT2D eigenvalue weighted by atomic mass is 10.1. The maximum Gasteiger partial charge on any atom is 0.409 e. The summed E-state index contributed by atoms with van der Waals surface area (Å²) in [4.78, 5) is 24.9. The van der Waals surface area contributed by atoms with Gasteiger partial charge in [-0.1, -0.05) is 0 Å². The van der Waals surface area contributed by atoms with Crippen LogP contribution in [0.25, 0.3) is 0 Å². The lowest BCUT2D eigenvalue weighted by Gasteiger charge is -2.39. The second-order valence-electron chi connectivity index (χ2n) is 7.29. The van der Waals surface area contributed by atoms with E-state index in [-0.39, 0.29) is 25.0 Å². The minimum absolute atomic E-state index is 0.0435. The predicted molar refractivity (Wildman–Crippen MR) is 104 cm³/mol. The lowest BCUT2D eigenvalue weighted by molar-refractivity contribution is -0.170. The van der Waals surface area contributed by atoms with E-state index in [1.165, 1.54) is 19.4 Å². The summed E-state index contributed by atoms with van der Waals surface area (Å²) in [6.45, 7) is 3.38. The van der Waals surface area contributed by atoms with Gasteiger partial charge in [-0.3, -0.25) is 9.36 Å². The zero-order chi connectivity index (χ0) is 21.5. The summed E-state index contributed by atoms with van der Waals surface area (Å²) in [7, 11) is 1.45. The predicted octanol–water partition coefficient (Wildman–Crippen LogP) is 2.52.